The first-order chi connectivity index (χ1) is 8.00. The summed E-state index contributed by atoms with van der Waals surface area (Å²) in [6.07, 6.45) is 3.55. The number of hydrogen-bond acceptors (Lipinski definition) is 4. The van der Waals surface area contributed by atoms with Gasteiger partial charge in [-0.05, 0) is 24.7 Å². The van der Waals surface area contributed by atoms with Gasteiger partial charge in [0, 0.05) is 0 Å². The lowest BCUT2D eigenvalue weighted by Gasteiger charge is -2.41. The largest absolute Gasteiger partial charge is 0.394 e. The molecule has 0 aromatic rings. The minimum absolute atomic E-state index is 0.0271. The average Bonchev–Trinajstić information content (AvgIpc) is 2.28. The number of aliphatic hydroxyl groups excluding tert-OH is 2. The van der Waals surface area contributed by atoms with Crippen LogP contribution in [0.15, 0.2) is 0 Å². The van der Waals surface area contributed by atoms with Crippen molar-refractivity contribution < 1.29 is 20.0 Å². The molecule has 1 rings (SSSR count). The molecule has 0 bridgehead atoms. The number of rotatable bonds is 6. The highest BCUT2D eigenvalue weighted by atomic mass is 17.2. The van der Waals surface area contributed by atoms with Crippen molar-refractivity contribution >= 4 is 0 Å². The van der Waals surface area contributed by atoms with E-state index in [9.17, 15) is 5.11 Å². The first-order valence-corrected chi connectivity index (χ1v) is 6.59. The van der Waals surface area contributed by atoms with E-state index in [1.165, 1.54) is 6.42 Å². The second kappa shape index (κ2) is 6.69. The first kappa shape index (κ1) is 14.9. The summed E-state index contributed by atoms with van der Waals surface area (Å²) < 4.78 is 0. The minimum Gasteiger partial charge on any atom is -0.394 e. The molecule has 17 heavy (non-hydrogen) atoms. The standard InChI is InChI=1S/C13H26O4/c1-10(2)13(6-4-5-11(3)7-13)17-16-9-12(15)8-14/h10-12,14-15H,4-9H2,1-3H3. The Balaban J connectivity index is 2.47. The van der Waals surface area contributed by atoms with Crippen LogP contribution in [0.5, 0.6) is 0 Å². The fourth-order valence-electron chi connectivity index (χ4n) is 2.52. The molecule has 4 nitrogen and oxygen atoms in total. The predicted molar refractivity (Wildman–Crippen MR) is 65.3 cm³/mol. The molecule has 0 saturated heterocycles. The van der Waals surface area contributed by atoms with E-state index < -0.39 is 6.10 Å². The molecule has 3 unspecified atom stereocenters. The quantitative estimate of drug-likeness (QED) is 0.555. The van der Waals surface area contributed by atoms with Crippen molar-refractivity contribution in [2.24, 2.45) is 11.8 Å². The Kier molecular flexibility index (Phi) is 5.86. The third-order valence-corrected chi connectivity index (χ3v) is 3.74. The van der Waals surface area contributed by atoms with Crippen molar-refractivity contribution in [2.45, 2.75) is 58.2 Å². The van der Waals surface area contributed by atoms with E-state index in [0.29, 0.717) is 11.8 Å². The Morgan fingerprint density at radius 2 is 2.12 bits per heavy atom. The van der Waals surface area contributed by atoms with Crippen LogP contribution in [0.3, 0.4) is 0 Å². The topological polar surface area (TPSA) is 58.9 Å². The fourth-order valence-corrected chi connectivity index (χ4v) is 2.52. The summed E-state index contributed by atoms with van der Waals surface area (Å²) in [6, 6.07) is 0. The van der Waals surface area contributed by atoms with Gasteiger partial charge in [-0.3, -0.25) is 0 Å². The van der Waals surface area contributed by atoms with Crippen LogP contribution < -0.4 is 0 Å². The predicted octanol–water partition coefficient (Wildman–Crippen LogP) is 1.89. The van der Waals surface area contributed by atoms with Gasteiger partial charge in [-0.25, -0.2) is 9.78 Å². The average molecular weight is 246 g/mol. The van der Waals surface area contributed by atoms with E-state index in [0.717, 1.165) is 19.3 Å². The third kappa shape index (κ3) is 4.21. The zero-order valence-electron chi connectivity index (χ0n) is 11.2. The van der Waals surface area contributed by atoms with Crippen LogP contribution in [0.2, 0.25) is 0 Å². The lowest BCUT2D eigenvalue weighted by atomic mass is 9.73. The van der Waals surface area contributed by atoms with E-state index in [1.54, 1.807) is 0 Å². The van der Waals surface area contributed by atoms with Gasteiger partial charge in [0.2, 0.25) is 0 Å². The summed E-state index contributed by atoms with van der Waals surface area (Å²) in [6.45, 7) is 6.25. The summed E-state index contributed by atoms with van der Waals surface area (Å²) in [5, 5.41) is 17.9. The van der Waals surface area contributed by atoms with Crippen molar-refractivity contribution in [2.75, 3.05) is 13.2 Å². The molecule has 1 aliphatic rings. The van der Waals surface area contributed by atoms with Crippen molar-refractivity contribution in [3.63, 3.8) is 0 Å². The molecule has 1 aliphatic carbocycles. The molecule has 0 aliphatic heterocycles. The van der Waals surface area contributed by atoms with E-state index in [1.807, 2.05) is 0 Å². The Morgan fingerprint density at radius 1 is 1.41 bits per heavy atom. The van der Waals surface area contributed by atoms with Crippen molar-refractivity contribution in [3.05, 3.63) is 0 Å². The molecule has 0 amide bonds. The van der Waals surface area contributed by atoms with Gasteiger partial charge >= 0.3 is 0 Å². The lowest BCUT2D eigenvalue weighted by molar-refractivity contribution is -0.386. The number of aliphatic hydroxyl groups is 2. The van der Waals surface area contributed by atoms with E-state index in [-0.39, 0.29) is 18.8 Å². The van der Waals surface area contributed by atoms with E-state index in [4.69, 9.17) is 14.9 Å². The molecule has 0 heterocycles. The number of hydrogen-bond donors (Lipinski definition) is 2. The molecule has 2 N–H and O–H groups in total. The maximum absolute atomic E-state index is 9.21. The Bertz CT molecular complexity index is 219. The monoisotopic (exact) mass is 246 g/mol. The molecule has 0 spiro atoms. The normalized spacial score (nSPS) is 31.8. The molecule has 1 fully saturated rings. The van der Waals surface area contributed by atoms with Crippen LogP contribution in [0, 0.1) is 11.8 Å². The summed E-state index contributed by atoms with van der Waals surface area (Å²) in [5.74, 6) is 1.04. The molecule has 0 aromatic heterocycles. The van der Waals surface area contributed by atoms with Crippen LogP contribution in [-0.2, 0) is 9.78 Å². The molecule has 102 valence electrons. The van der Waals surface area contributed by atoms with Crippen LogP contribution in [0.1, 0.15) is 46.5 Å². The minimum atomic E-state index is -0.861. The molecule has 3 atom stereocenters. The first-order valence-electron chi connectivity index (χ1n) is 6.59. The molecule has 0 aromatic carbocycles. The summed E-state index contributed by atoms with van der Waals surface area (Å²) >= 11 is 0. The zero-order chi connectivity index (χ0) is 12.9. The van der Waals surface area contributed by atoms with Crippen LogP contribution in [0.25, 0.3) is 0 Å². The Labute approximate surface area is 104 Å². The van der Waals surface area contributed by atoms with Crippen molar-refractivity contribution in [3.8, 4) is 0 Å². The second-order valence-corrected chi connectivity index (χ2v) is 5.63. The highest BCUT2D eigenvalue weighted by molar-refractivity contribution is 4.88. The molecular weight excluding hydrogens is 220 g/mol. The Morgan fingerprint density at radius 3 is 2.65 bits per heavy atom. The van der Waals surface area contributed by atoms with Gasteiger partial charge in [0.15, 0.2) is 0 Å². The smallest absolute Gasteiger partial charge is 0.110 e. The molecular formula is C13H26O4. The lowest BCUT2D eigenvalue weighted by Crippen LogP contribution is -2.43. The fraction of sp³-hybridized carbons (Fsp3) is 1.00. The zero-order valence-corrected chi connectivity index (χ0v) is 11.2. The maximum Gasteiger partial charge on any atom is 0.110 e. The van der Waals surface area contributed by atoms with Gasteiger partial charge in [-0.15, -0.1) is 0 Å². The summed E-state index contributed by atoms with van der Waals surface area (Å²) in [4.78, 5) is 10.7. The van der Waals surface area contributed by atoms with Crippen LogP contribution in [0.4, 0.5) is 0 Å². The van der Waals surface area contributed by atoms with Crippen LogP contribution >= 0.6 is 0 Å². The van der Waals surface area contributed by atoms with Gasteiger partial charge in [-0.1, -0.05) is 33.6 Å². The van der Waals surface area contributed by atoms with Crippen LogP contribution in [-0.4, -0.2) is 35.1 Å². The van der Waals surface area contributed by atoms with Crippen molar-refractivity contribution in [1.82, 2.24) is 0 Å². The summed E-state index contributed by atoms with van der Waals surface area (Å²) in [7, 11) is 0. The highest BCUT2D eigenvalue weighted by Gasteiger charge is 2.40. The van der Waals surface area contributed by atoms with Gasteiger partial charge in [-0.2, -0.15) is 0 Å². The van der Waals surface area contributed by atoms with Crippen molar-refractivity contribution in [1.29, 1.82) is 0 Å². The molecule has 1 saturated carbocycles. The van der Waals surface area contributed by atoms with Gasteiger partial charge in [0.05, 0.1) is 6.61 Å². The molecule has 0 radical (unpaired) electrons. The van der Waals surface area contributed by atoms with Gasteiger partial charge in [0.25, 0.3) is 0 Å². The van der Waals surface area contributed by atoms with E-state index in [2.05, 4.69) is 20.8 Å². The third-order valence-electron chi connectivity index (χ3n) is 3.74. The Hall–Kier alpha value is -0.160. The maximum atomic E-state index is 9.21. The SMILES string of the molecule is CC1CCCC(OOCC(O)CO)(C(C)C)C1. The summed E-state index contributed by atoms with van der Waals surface area (Å²) in [5.41, 5.74) is -0.229. The van der Waals surface area contributed by atoms with Gasteiger partial charge < -0.3 is 10.2 Å². The molecule has 4 heteroatoms. The van der Waals surface area contributed by atoms with E-state index >= 15 is 0 Å². The highest BCUT2D eigenvalue weighted by Crippen LogP contribution is 2.40. The van der Waals surface area contributed by atoms with Gasteiger partial charge in [0.1, 0.15) is 18.3 Å². The second-order valence-electron chi connectivity index (χ2n) is 5.63.